The average molecular weight is 444 g/mol. The van der Waals surface area contributed by atoms with Crippen molar-refractivity contribution in [3.63, 3.8) is 0 Å². The number of ether oxygens (including phenoxy) is 1. The van der Waals surface area contributed by atoms with Gasteiger partial charge in [-0.3, -0.25) is 5.41 Å². The molecule has 3 aromatic carbocycles. The minimum atomic E-state index is -0.00162. The Kier molecular flexibility index (Phi) is 6.88. The van der Waals surface area contributed by atoms with E-state index < -0.39 is 0 Å². The van der Waals surface area contributed by atoms with Crippen molar-refractivity contribution in [1.29, 1.82) is 5.41 Å². The van der Waals surface area contributed by atoms with E-state index in [9.17, 15) is 0 Å². The summed E-state index contributed by atoms with van der Waals surface area (Å²) < 4.78 is 5.98. The van der Waals surface area contributed by atoms with Gasteiger partial charge in [0.15, 0.2) is 11.8 Å². The van der Waals surface area contributed by atoms with Gasteiger partial charge in [-0.25, -0.2) is 4.99 Å². The number of benzene rings is 3. The highest BCUT2D eigenvalue weighted by Gasteiger charge is 2.24. The zero-order valence-corrected chi connectivity index (χ0v) is 19.0. The van der Waals surface area contributed by atoms with E-state index in [4.69, 9.17) is 20.7 Å². The molecule has 1 atom stereocenters. The van der Waals surface area contributed by atoms with Crippen molar-refractivity contribution in [2.45, 2.75) is 32.4 Å². The summed E-state index contributed by atoms with van der Waals surface area (Å²) in [6, 6.07) is 20.4. The smallest absolute Gasteiger partial charge is 0.198 e. The van der Waals surface area contributed by atoms with E-state index in [-0.39, 0.29) is 12.0 Å². The number of hydrogen-bond acceptors (Lipinski definition) is 4. The Labute approximate surface area is 194 Å². The van der Waals surface area contributed by atoms with Crippen LogP contribution < -0.4 is 10.5 Å². The molecule has 170 valence electrons. The summed E-state index contributed by atoms with van der Waals surface area (Å²) in [6.45, 7) is 3.38. The first-order valence-electron chi connectivity index (χ1n) is 11.0. The second-order valence-corrected chi connectivity index (χ2v) is 8.16. The molecule has 0 spiro atoms. The second kappa shape index (κ2) is 10.2. The van der Waals surface area contributed by atoms with E-state index in [0.717, 1.165) is 47.0 Å². The Morgan fingerprint density at radius 3 is 2.64 bits per heavy atom. The van der Waals surface area contributed by atoms with Crippen LogP contribution in [0.15, 0.2) is 70.8 Å². The normalized spacial score (nSPS) is 16.5. The molecule has 1 saturated heterocycles. The fourth-order valence-corrected chi connectivity index (χ4v) is 3.94. The van der Waals surface area contributed by atoms with Crippen LogP contribution in [-0.2, 0) is 11.4 Å². The van der Waals surface area contributed by atoms with Gasteiger partial charge in [-0.2, -0.15) is 0 Å². The van der Waals surface area contributed by atoms with Crippen LogP contribution in [0.4, 0.5) is 0 Å². The van der Waals surface area contributed by atoms with Crippen LogP contribution in [0.2, 0.25) is 0 Å². The number of hydrogen-bond donors (Lipinski definition) is 2. The van der Waals surface area contributed by atoms with Gasteiger partial charge in [-0.15, -0.1) is 0 Å². The topological polar surface area (TPSA) is 96.3 Å². The molecular weight excluding hydrogens is 414 g/mol. The molecule has 4 rings (SSSR count). The third-order valence-electron chi connectivity index (χ3n) is 5.75. The Hall–Kier alpha value is -3.87. The first-order valence-corrected chi connectivity index (χ1v) is 11.0. The zero-order chi connectivity index (χ0) is 23.2. The van der Waals surface area contributed by atoms with Crippen LogP contribution in [-0.4, -0.2) is 42.6 Å². The Bertz CT molecular complexity index is 1190. The van der Waals surface area contributed by atoms with E-state index in [0.29, 0.717) is 12.4 Å². The van der Waals surface area contributed by atoms with Crippen LogP contribution in [0.5, 0.6) is 5.75 Å². The summed E-state index contributed by atoms with van der Waals surface area (Å²) in [5, 5.41) is 14.0. The van der Waals surface area contributed by atoms with Crippen molar-refractivity contribution in [3.8, 4) is 5.75 Å². The van der Waals surface area contributed by atoms with Crippen LogP contribution in [0.1, 0.15) is 29.5 Å². The first-order chi connectivity index (χ1) is 16.0. The molecule has 0 bridgehead atoms. The largest absolute Gasteiger partial charge is 0.489 e. The van der Waals surface area contributed by atoms with E-state index in [1.165, 1.54) is 12.7 Å². The highest BCUT2D eigenvalue weighted by molar-refractivity contribution is 6.05. The molecule has 1 aliphatic rings. The SMILES string of the molecule is CO/N=C(\N=C[C@@H]1CCCN1C(=N)N)c1ccc2cc(OCc3ccc(C)cc3)ccc2c1. The summed E-state index contributed by atoms with van der Waals surface area (Å²) in [4.78, 5) is 11.4. The third kappa shape index (κ3) is 5.49. The van der Waals surface area contributed by atoms with Gasteiger partial charge in [0, 0.05) is 18.3 Å². The Morgan fingerprint density at radius 1 is 1.12 bits per heavy atom. The van der Waals surface area contributed by atoms with Gasteiger partial charge in [-0.1, -0.05) is 53.2 Å². The first kappa shape index (κ1) is 22.3. The monoisotopic (exact) mass is 443 g/mol. The number of nitrogens with zero attached hydrogens (tertiary/aromatic N) is 3. The summed E-state index contributed by atoms with van der Waals surface area (Å²) in [5.74, 6) is 1.37. The molecule has 3 aromatic rings. The number of guanidine groups is 1. The predicted octanol–water partition coefficient (Wildman–Crippen LogP) is 4.46. The quantitative estimate of drug-likeness (QED) is 0.334. The van der Waals surface area contributed by atoms with Crippen LogP contribution in [0.25, 0.3) is 10.8 Å². The Morgan fingerprint density at radius 2 is 1.88 bits per heavy atom. The minimum Gasteiger partial charge on any atom is -0.489 e. The molecule has 0 aromatic heterocycles. The van der Waals surface area contributed by atoms with Crippen molar-refractivity contribution < 1.29 is 9.57 Å². The molecule has 0 unspecified atom stereocenters. The highest BCUT2D eigenvalue weighted by Crippen LogP contribution is 2.24. The molecule has 7 nitrogen and oxygen atoms in total. The lowest BCUT2D eigenvalue weighted by Crippen LogP contribution is -2.40. The number of likely N-dealkylation sites (tertiary alicyclic amines) is 1. The summed E-state index contributed by atoms with van der Waals surface area (Å²) in [5.41, 5.74) is 8.91. The molecule has 0 radical (unpaired) electrons. The Balaban J connectivity index is 1.50. The molecular formula is C26H29N5O2. The fraction of sp³-hybridized carbons (Fsp3) is 0.269. The van der Waals surface area contributed by atoms with Gasteiger partial charge in [0.2, 0.25) is 0 Å². The number of nitrogens with one attached hydrogen (secondary N) is 1. The van der Waals surface area contributed by atoms with E-state index >= 15 is 0 Å². The molecule has 1 heterocycles. The van der Waals surface area contributed by atoms with Crippen molar-refractivity contribution >= 4 is 28.8 Å². The lowest BCUT2D eigenvalue weighted by atomic mass is 10.1. The molecule has 3 N–H and O–H groups in total. The van der Waals surface area contributed by atoms with Gasteiger partial charge < -0.3 is 20.2 Å². The number of aliphatic imine (C=N–C) groups is 1. The summed E-state index contributed by atoms with van der Waals surface area (Å²) in [7, 11) is 1.51. The van der Waals surface area contributed by atoms with Gasteiger partial charge in [0.1, 0.15) is 19.5 Å². The van der Waals surface area contributed by atoms with E-state index in [1.807, 2.05) is 41.3 Å². The zero-order valence-electron chi connectivity index (χ0n) is 19.0. The lowest BCUT2D eigenvalue weighted by molar-refractivity contribution is 0.213. The van der Waals surface area contributed by atoms with Crippen molar-refractivity contribution in [1.82, 2.24) is 4.90 Å². The van der Waals surface area contributed by atoms with Crippen molar-refractivity contribution in [3.05, 3.63) is 77.4 Å². The molecule has 7 heteroatoms. The number of fused-ring (bicyclic) bond motifs is 1. The molecule has 0 saturated carbocycles. The number of aryl methyl sites for hydroxylation is 1. The lowest BCUT2D eigenvalue weighted by Gasteiger charge is -2.21. The maximum atomic E-state index is 7.72. The molecule has 1 fully saturated rings. The van der Waals surface area contributed by atoms with Crippen LogP contribution >= 0.6 is 0 Å². The fourth-order valence-electron chi connectivity index (χ4n) is 3.94. The summed E-state index contributed by atoms with van der Waals surface area (Å²) in [6.07, 6.45) is 3.70. The highest BCUT2D eigenvalue weighted by atomic mass is 16.6. The van der Waals surface area contributed by atoms with Crippen molar-refractivity contribution in [2.75, 3.05) is 13.7 Å². The number of oxime groups is 1. The standard InChI is InChI=1S/C26H29N5O2/c1-18-5-7-19(8-6-18)17-33-24-12-11-20-14-22(10-9-21(20)15-24)25(30-32-2)29-16-23-4-3-13-31(23)26(27)28/h5-12,14-16,23H,3-4,13,17H2,1-2H3,(H3,27,28)/b29-16?,30-25-/t23-/m0/s1. The average Bonchev–Trinajstić information content (AvgIpc) is 3.30. The molecule has 0 aliphatic carbocycles. The van der Waals surface area contributed by atoms with E-state index in [1.54, 1.807) is 6.21 Å². The minimum absolute atomic E-state index is 0.00162. The maximum Gasteiger partial charge on any atom is 0.198 e. The van der Waals surface area contributed by atoms with Gasteiger partial charge >= 0.3 is 0 Å². The van der Waals surface area contributed by atoms with E-state index in [2.05, 4.69) is 41.3 Å². The van der Waals surface area contributed by atoms with Crippen LogP contribution in [0.3, 0.4) is 0 Å². The number of amidine groups is 1. The second-order valence-electron chi connectivity index (χ2n) is 8.16. The maximum absolute atomic E-state index is 7.72. The van der Waals surface area contributed by atoms with Crippen molar-refractivity contribution in [2.24, 2.45) is 15.9 Å². The van der Waals surface area contributed by atoms with Gasteiger partial charge in [0.05, 0.1) is 6.04 Å². The predicted molar refractivity (Wildman–Crippen MR) is 133 cm³/mol. The van der Waals surface area contributed by atoms with Crippen LogP contribution in [0, 0.1) is 12.3 Å². The number of nitrogens with two attached hydrogens (primary N) is 1. The molecule has 0 amide bonds. The third-order valence-corrected chi connectivity index (χ3v) is 5.75. The van der Waals surface area contributed by atoms with Gasteiger partial charge in [-0.05, 0) is 54.3 Å². The molecule has 33 heavy (non-hydrogen) atoms. The van der Waals surface area contributed by atoms with Gasteiger partial charge in [0.25, 0.3) is 0 Å². The number of rotatable bonds is 6. The molecule has 1 aliphatic heterocycles. The summed E-state index contributed by atoms with van der Waals surface area (Å²) >= 11 is 0.